The Morgan fingerprint density at radius 3 is 2.29 bits per heavy atom. The lowest BCUT2D eigenvalue weighted by Gasteiger charge is -2.21. The van der Waals surface area contributed by atoms with Gasteiger partial charge < -0.3 is 4.90 Å². The molecule has 28 heavy (non-hydrogen) atoms. The van der Waals surface area contributed by atoms with Crippen LogP contribution in [0.4, 0.5) is 0 Å². The van der Waals surface area contributed by atoms with Gasteiger partial charge in [-0.1, -0.05) is 46.3 Å². The molecule has 0 atom stereocenters. The van der Waals surface area contributed by atoms with E-state index in [2.05, 4.69) is 28.1 Å². The minimum atomic E-state index is -0.192. The van der Waals surface area contributed by atoms with Crippen molar-refractivity contribution in [3.05, 3.63) is 64.6 Å². The topological polar surface area (TPSA) is 80.8 Å². The molecule has 0 saturated carbocycles. The molecule has 5 nitrogen and oxygen atoms in total. The Morgan fingerprint density at radius 1 is 1.00 bits per heavy atom. The van der Waals surface area contributed by atoms with Crippen molar-refractivity contribution in [2.45, 2.75) is 12.8 Å². The highest BCUT2D eigenvalue weighted by Gasteiger charge is 2.19. The van der Waals surface area contributed by atoms with Crippen LogP contribution in [0.15, 0.2) is 59.1 Å². The van der Waals surface area contributed by atoms with E-state index in [1.165, 1.54) is 0 Å². The lowest BCUT2D eigenvalue weighted by molar-refractivity contribution is 0.0764. The van der Waals surface area contributed by atoms with E-state index < -0.39 is 0 Å². The lowest BCUT2D eigenvalue weighted by Crippen LogP contribution is -2.33. The molecule has 3 aromatic rings. The van der Waals surface area contributed by atoms with Crippen LogP contribution in [0.5, 0.6) is 0 Å². The van der Waals surface area contributed by atoms with Gasteiger partial charge in [0.05, 0.1) is 41.8 Å². The number of para-hydroxylation sites is 1. The molecule has 0 unspecified atom stereocenters. The van der Waals surface area contributed by atoms with Gasteiger partial charge in [0.25, 0.3) is 5.91 Å². The molecule has 0 fully saturated rings. The summed E-state index contributed by atoms with van der Waals surface area (Å²) in [5, 5.41) is 18.6. The smallest absolute Gasteiger partial charge is 0.254 e. The van der Waals surface area contributed by atoms with Crippen molar-refractivity contribution in [3.63, 3.8) is 0 Å². The zero-order chi connectivity index (χ0) is 19.9. The molecule has 0 N–H and O–H groups in total. The Morgan fingerprint density at radius 2 is 1.64 bits per heavy atom. The average molecular weight is 433 g/mol. The van der Waals surface area contributed by atoms with Crippen LogP contribution in [0.1, 0.15) is 23.2 Å². The Balaban J connectivity index is 2.09. The van der Waals surface area contributed by atoms with E-state index in [-0.39, 0.29) is 18.7 Å². The summed E-state index contributed by atoms with van der Waals surface area (Å²) in [6, 6.07) is 21.2. The van der Waals surface area contributed by atoms with Crippen molar-refractivity contribution in [3.8, 4) is 23.4 Å². The second-order valence-corrected chi connectivity index (χ2v) is 7.10. The second kappa shape index (κ2) is 9.12. The molecular formula is C22H17BrN4O. The van der Waals surface area contributed by atoms with Gasteiger partial charge in [0.15, 0.2) is 0 Å². The van der Waals surface area contributed by atoms with E-state index in [0.29, 0.717) is 24.3 Å². The van der Waals surface area contributed by atoms with Crippen LogP contribution in [-0.2, 0) is 0 Å². The average Bonchev–Trinajstić information content (AvgIpc) is 2.73. The molecule has 0 aliphatic rings. The van der Waals surface area contributed by atoms with Gasteiger partial charge in [-0.15, -0.1) is 0 Å². The number of pyridine rings is 1. The number of amides is 1. The zero-order valence-corrected chi connectivity index (χ0v) is 16.7. The largest absolute Gasteiger partial charge is 0.337 e. The fraction of sp³-hybridized carbons (Fsp3) is 0.182. The molecule has 6 heteroatoms. The first kappa shape index (κ1) is 19.5. The summed E-state index contributed by atoms with van der Waals surface area (Å²) in [5.41, 5.74) is 2.87. The van der Waals surface area contributed by atoms with Crippen molar-refractivity contribution in [2.75, 3.05) is 13.1 Å². The quantitative estimate of drug-likeness (QED) is 0.552. The number of benzene rings is 2. The fourth-order valence-electron chi connectivity index (χ4n) is 2.98. The summed E-state index contributed by atoms with van der Waals surface area (Å²) >= 11 is 3.43. The first-order valence-corrected chi connectivity index (χ1v) is 9.62. The molecule has 0 aliphatic carbocycles. The highest BCUT2D eigenvalue weighted by molar-refractivity contribution is 9.10. The molecule has 0 spiro atoms. The van der Waals surface area contributed by atoms with Gasteiger partial charge in [0.2, 0.25) is 0 Å². The minimum Gasteiger partial charge on any atom is -0.337 e. The maximum atomic E-state index is 13.3. The van der Waals surface area contributed by atoms with Crippen LogP contribution in [0.2, 0.25) is 0 Å². The number of hydrogen-bond acceptors (Lipinski definition) is 4. The van der Waals surface area contributed by atoms with Gasteiger partial charge >= 0.3 is 0 Å². The van der Waals surface area contributed by atoms with Crippen molar-refractivity contribution in [1.82, 2.24) is 9.88 Å². The third kappa shape index (κ3) is 4.36. The zero-order valence-electron chi connectivity index (χ0n) is 15.1. The van der Waals surface area contributed by atoms with Crippen LogP contribution in [0.25, 0.3) is 22.2 Å². The van der Waals surface area contributed by atoms with Gasteiger partial charge in [-0.3, -0.25) is 4.79 Å². The van der Waals surface area contributed by atoms with E-state index in [9.17, 15) is 4.79 Å². The van der Waals surface area contributed by atoms with Gasteiger partial charge in [-0.25, -0.2) is 4.98 Å². The Bertz CT molecular complexity index is 1060. The standard InChI is InChI=1S/C22H17BrN4O/c23-17-9-7-16(8-10-17)21-15-19(18-5-1-2-6-20(18)26-21)22(28)27(13-3-11-24)14-4-12-25/h1-2,5-10,15H,3-4,13-14H2. The van der Waals surface area contributed by atoms with Gasteiger partial charge in [0, 0.05) is 28.5 Å². The number of nitriles is 2. The maximum absolute atomic E-state index is 13.3. The molecule has 0 aliphatic heterocycles. The molecule has 138 valence electrons. The minimum absolute atomic E-state index is 0.192. The van der Waals surface area contributed by atoms with E-state index in [1.54, 1.807) is 11.0 Å². The molecule has 0 bridgehead atoms. The summed E-state index contributed by atoms with van der Waals surface area (Å²) in [7, 11) is 0. The summed E-state index contributed by atoms with van der Waals surface area (Å²) in [4.78, 5) is 19.6. The monoisotopic (exact) mass is 432 g/mol. The molecule has 0 saturated heterocycles. The molecule has 3 rings (SSSR count). The molecule has 1 amide bonds. The van der Waals surface area contributed by atoms with E-state index >= 15 is 0 Å². The van der Waals surface area contributed by atoms with Crippen molar-refractivity contribution < 1.29 is 4.79 Å². The second-order valence-electron chi connectivity index (χ2n) is 6.19. The summed E-state index contributed by atoms with van der Waals surface area (Å²) in [6.07, 6.45) is 0.444. The third-order valence-corrected chi connectivity index (χ3v) is 4.89. The van der Waals surface area contributed by atoms with Crippen LogP contribution in [-0.4, -0.2) is 28.9 Å². The highest BCUT2D eigenvalue weighted by Crippen LogP contribution is 2.27. The lowest BCUT2D eigenvalue weighted by atomic mass is 10.0. The number of nitrogens with zero attached hydrogens (tertiary/aromatic N) is 4. The number of halogens is 1. The molecule has 0 radical (unpaired) electrons. The fourth-order valence-corrected chi connectivity index (χ4v) is 3.24. The maximum Gasteiger partial charge on any atom is 0.254 e. The summed E-state index contributed by atoms with van der Waals surface area (Å²) < 4.78 is 0.965. The summed E-state index contributed by atoms with van der Waals surface area (Å²) in [5.74, 6) is -0.192. The molecule has 1 aromatic heterocycles. The van der Waals surface area contributed by atoms with Gasteiger partial charge in [0.1, 0.15) is 0 Å². The Hall–Kier alpha value is -3.22. The van der Waals surface area contributed by atoms with E-state index in [1.807, 2.05) is 48.5 Å². The predicted octanol–water partition coefficient (Wildman–Crippen LogP) is 4.93. The van der Waals surface area contributed by atoms with Crippen LogP contribution >= 0.6 is 15.9 Å². The number of rotatable bonds is 6. The normalized spacial score (nSPS) is 10.2. The number of carbonyl (C=O) groups excluding carboxylic acids is 1. The number of fused-ring (bicyclic) bond motifs is 1. The van der Waals surface area contributed by atoms with E-state index in [0.717, 1.165) is 20.9 Å². The molecule has 2 aromatic carbocycles. The number of hydrogen-bond donors (Lipinski definition) is 0. The molecular weight excluding hydrogens is 416 g/mol. The Labute approximate surface area is 172 Å². The van der Waals surface area contributed by atoms with Crippen molar-refractivity contribution >= 4 is 32.7 Å². The molecule has 1 heterocycles. The Kier molecular flexibility index (Phi) is 6.37. The first-order valence-electron chi connectivity index (χ1n) is 8.83. The summed E-state index contributed by atoms with van der Waals surface area (Å²) in [6.45, 7) is 0.586. The highest BCUT2D eigenvalue weighted by atomic mass is 79.9. The number of carbonyl (C=O) groups is 1. The third-order valence-electron chi connectivity index (χ3n) is 4.36. The SMILES string of the molecule is N#CCCN(CCC#N)C(=O)c1cc(-c2ccc(Br)cc2)nc2ccccc12. The first-order chi connectivity index (χ1) is 13.6. The van der Waals surface area contributed by atoms with Crippen molar-refractivity contribution in [2.24, 2.45) is 0 Å². The number of aromatic nitrogens is 1. The van der Waals surface area contributed by atoms with Gasteiger partial charge in [-0.2, -0.15) is 10.5 Å². The van der Waals surface area contributed by atoms with Gasteiger partial charge in [-0.05, 0) is 24.3 Å². The van der Waals surface area contributed by atoms with Crippen molar-refractivity contribution in [1.29, 1.82) is 10.5 Å². The predicted molar refractivity (Wildman–Crippen MR) is 111 cm³/mol. The van der Waals surface area contributed by atoms with Crippen LogP contribution < -0.4 is 0 Å². The van der Waals surface area contributed by atoms with Crippen LogP contribution in [0.3, 0.4) is 0 Å². The van der Waals surface area contributed by atoms with Crippen LogP contribution in [0, 0.1) is 22.7 Å². The van der Waals surface area contributed by atoms with E-state index in [4.69, 9.17) is 15.5 Å².